The van der Waals surface area contributed by atoms with Crippen molar-refractivity contribution in [1.29, 1.82) is 0 Å². The van der Waals surface area contributed by atoms with Crippen molar-refractivity contribution in [3.8, 4) is 0 Å². The van der Waals surface area contributed by atoms with Gasteiger partial charge in [-0.1, -0.05) is 31.0 Å². The quantitative estimate of drug-likeness (QED) is 0.444. The Kier molecular flexibility index (Phi) is 1.90. The van der Waals surface area contributed by atoms with Gasteiger partial charge in [0.2, 0.25) is 0 Å². The second-order valence-corrected chi connectivity index (χ2v) is 5.75. The predicted molar refractivity (Wildman–Crippen MR) is 52.1 cm³/mol. The number of fused-ring (bicyclic) bond motifs is 1. The van der Waals surface area contributed by atoms with Crippen LogP contribution in [0.25, 0.3) is 0 Å². The third-order valence-electron chi connectivity index (χ3n) is 3.79. The lowest BCUT2D eigenvalue weighted by Crippen LogP contribution is -2.40. The Hall–Kier alpha value is 0.270. The van der Waals surface area contributed by atoms with Crippen molar-refractivity contribution in [3.63, 3.8) is 0 Å². The maximum absolute atomic E-state index is 5.29. The number of hydrogen-bond donors (Lipinski definition) is 0. The summed E-state index contributed by atoms with van der Waals surface area (Å²) < 4.78 is 0. The smallest absolute Gasteiger partial charge is 0.182 e. The van der Waals surface area contributed by atoms with Crippen molar-refractivity contribution in [2.75, 3.05) is 5.75 Å². The van der Waals surface area contributed by atoms with Crippen molar-refractivity contribution in [1.82, 2.24) is 0 Å². The van der Waals surface area contributed by atoms with Gasteiger partial charge in [0.15, 0.2) is 0 Å². The predicted octanol–water partition coefficient (Wildman–Crippen LogP) is 3.08. The molecule has 2 nitrogen and oxygen atoms in total. The zero-order valence-corrected chi connectivity index (χ0v) is 8.70. The third kappa shape index (κ3) is 1.17. The molecule has 0 aromatic carbocycles. The Morgan fingerprint density at radius 2 is 1.54 bits per heavy atom. The van der Waals surface area contributed by atoms with Gasteiger partial charge < -0.3 is 0 Å². The summed E-state index contributed by atoms with van der Waals surface area (Å²) in [5.41, 5.74) is 0.383. The van der Waals surface area contributed by atoms with Crippen LogP contribution in [-0.4, -0.2) is 10.9 Å². The average molecular weight is 200 g/mol. The summed E-state index contributed by atoms with van der Waals surface area (Å²) >= 11 is 1.89. The molecule has 3 fully saturated rings. The standard InChI is InChI=1S/C10H16O2S/c1-2-5-9(6-3-1)7-4-8-13-10(9)11-12-10/h1-8H2. The zero-order chi connectivity index (χ0) is 8.78. The first-order valence-electron chi connectivity index (χ1n) is 5.38. The Morgan fingerprint density at radius 1 is 0.846 bits per heavy atom. The van der Waals surface area contributed by atoms with Crippen molar-refractivity contribution in [3.05, 3.63) is 0 Å². The first kappa shape index (κ1) is 8.57. The Morgan fingerprint density at radius 3 is 2.23 bits per heavy atom. The van der Waals surface area contributed by atoms with E-state index in [0.29, 0.717) is 5.41 Å². The van der Waals surface area contributed by atoms with E-state index >= 15 is 0 Å². The van der Waals surface area contributed by atoms with Crippen LogP contribution in [0.3, 0.4) is 0 Å². The van der Waals surface area contributed by atoms with E-state index in [9.17, 15) is 0 Å². The first-order chi connectivity index (χ1) is 6.37. The van der Waals surface area contributed by atoms with Crippen LogP contribution in [0.2, 0.25) is 0 Å². The van der Waals surface area contributed by atoms with Crippen LogP contribution < -0.4 is 0 Å². The summed E-state index contributed by atoms with van der Waals surface area (Å²) in [6.45, 7) is 0. The normalized spacial score (nSPS) is 35.1. The molecule has 1 saturated carbocycles. The van der Waals surface area contributed by atoms with E-state index in [1.165, 1.54) is 50.7 Å². The molecule has 0 bridgehead atoms. The molecular formula is C10H16O2S. The molecule has 13 heavy (non-hydrogen) atoms. The van der Waals surface area contributed by atoms with Crippen molar-refractivity contribution >= 4 is 11.8 Å². The molecule has 74 valence electrons. The lowest BCUT2D eigenvalue weighted by Gasteiger charge is -2.41. The fraction of sp³-hybridized carbons (Fsp3) is 1.00. The van der Waals surface area contributed by atoms with E-state index in [1.807, 2.05) is 11.8 Å². The minimum Gasteiger partial charge on any atom is -0.182 e. The summed E-state index contributed by atoms with van der Waals surface area (Å²) in [5, 5.41) is -0.189. The topological polar surface area (TPSA) is 25.1 Å². The highest BCUT2D eigenvalue weighted by Gasteiger charge is 2.66. The van der Waals surface area contributed by atoms with Gasteiger partial charge in [-0.15, -0.1) is 0 Å². The monoisotopic (exact) mass is 200 g/mol. The van der Waals surface area contributed by atoms with Crippen molar-refractivity contribution in [2.45, 2.75) is 50.1 Å². The van der Waals surface area contributed by atoms with Gasteiger partial charge in [0.05, 0.1) is 0 Å². The summed E-state index contributed by atoms with van der Waals surface area (Å²) in [6, 6.07) is 0. The van der Waals surface area contributed by atoms with Crippen LogP contribution in [-0.2, 0) is 9.78 Å². The summed E-state index contributed by atoms with van der Waals surface area (Å²) in [4.78, 5) is 10.6. The highest BCUT2D eigenvalue weighted by Crippen LogP contribution is 2.64. The van der Waals surface area contributed by atoms with Gasteiger partial charge >= 0.3 is 0 Å². The molecule has 2 aliphatic heterocycles. The number of thioether (sulfide) groups is 1. The largest absolute Gasteiger partial charge is 0.285 e. The molecule has 3 aliphatic rings. The number of hydrogen-bond acceptors (Lipinski definition) is 3. The summed E-state index contributed by atoms with van der Waals surface area (Å²) in [7, 11) is 0. The highest BCUT2D eigenvalue weighted by atomic mass is 32.2. The van der Waals surface area contributed by atoms with E-state index in [4.69, 9.17) is 9.78 Å². The lowest BCUT2D eigenvalue weighted by molar-refractivity contribution is 0.0850. The maximum Gasteiger partial charge on any atom is 0.285 e. The van der Waals surface area contributed by atoms with Crippen LogP contribution >= 0.6 is 11.8 Å². The average Bonchev–Trinajstić information content (AvgIpc) is 2.94. The zero-order valence-electron chi connectivity index (χ0n) is 7.88. The summed E-state index contributed by atoms with van der Waals surface area (Å²) in [6.07, 6.45) is 9.45. The third-order valence-corrected chi connectivity index (χ3v) is 5.23. The number of rotatable bonds is 0. The molecule has 0 N–H and O–H groups in total. The van der Waals surface area contributed by atoms with E-state index < -0.39 is 0 Å². The maximum atomic E-state index is 5.29. The SMILES string of the molecule is C1CCC2(CC1)CCCSC21OO1. The fourth-order valence-corrected chi connectivity index (χ4v) is 4.27. The molecule has 2 heterocycles. The molecule has 0 aromatic rings. The second-order valence-electron chi connectivity index (χ2n) is 4.52. The van der Waals surface area contributed by atoms with Crippen LogP contribution in [0.1, 0.15) is 44.9 Å². The minimum absolute atomic E-state index is 0.189. The van der Waals surface area contributed by atoms with Crippen LogP contribution in [0.15, 0.2) is 0 Å². The van der Waals surface area contributed by atoms with E-state index in [0.717, 1.165) is 0 Å². The van der Waals surface area contributed by atoms with Gasteiger partial charge in [0.25, 0.3) is 5.12 Å². The Balaban J connectivity index is 1.84. The van der Waals surface area contributed by atoms with E-state index in [-0.39, 0.29) is 5.12 Å². The van der Waals surface area contributed by atoms with Gasteiger partial charge in [-0.25, -0.2) is 0 Å². The molecule has 2 saturated heterocycles. The van der Waals surface area contributed by atoms with E-state index in [1.54, 1.807) is 0 Å². The molecule has 0 aromatic heterocycles. The molecule has 0 radical (unpaired) electrons. The lowest BCUT2D eigenvalue weighted by atomic mass is 9.70. The highest BCUT2D eigenvalue weighted by molar-refractivity contribution is 8.00. The first-order valence-corrected chi connectivity index (χ1v) is 6.36. The van der Waals surface area contributed by atoms with Gasteiger partial charge in [0, 0.05) is 5.41 Å². The van der Waals surface area contributed by atoms with Gasteiger partial charge in [-0.05, 0) is 31.4 Å². The molecule has 0 unspecified atom stereocenters. The summed E-state index contributed by atoms with van der Waals surface area (Å²) in [5.74, 6) is 1.21. The fourth-order valence-electron chi connectivity index (χ4n) is 2.97. The van der Waals surface area contributed by atoms with E-state index in [2.05, 4.69) is 0 Å². The second kappa shape index (κ2) is 2.88. The minimum atomic E-state index is -0.189. The van der Waals surface area contributed by atoms with Gasteiger partial charge in [-0.3, -0.25) is 0 Å². The molecule has 0 amide bonds. The van der Waals surface area contributed by atoms with Crippen LogP contribution in [0, 0.1) is 5.41 Å². The van der Waals surface area contributed by atoms with Crippen LogP contribution in [0.5, 0.6) is 0 Å². The Labute approximate surface area is 83.3 Å². The Bertz CT molecular complexity index is 199. The molecule has 2 spiro atoms. The molecule has 3 heteroatoms. The van der Waals surface area contributed by atoms with Gasteiger partial charge in [0.1, 0.15) is 0 Å². The molecule has 1 aliphatic carbocycles. The van der Waals surface area contributed by atoms with Gasteiger partial charge in [-0.2, -0.15) is 9.78 Å². The van der Waals surface area contributed by atoms with Crippen molar-refractivity contribution < 1.29 is 9.78 Å². The van der Waals surface area contributed by atoms with Crippen molar-refractivity contribution in [2.24, 2.45) is 5.41 Å². The van der Waals surface area contributed by atoms with Crippen LogP contribution in [0.4, 0.5) is 0 Å². The molecule has 3 rings (SSSR count). The molecular weight excluding hydrogens is 184 g/mol. The molecule has 0 atom stereocenters.